The largest absolute Gasteiger partial charge is 0.460 e. The highest BCUT2D eigenvalue weighted by Crippen LogP contribution is 2.34. The molecule has 0 bridgehead atoms. The van der Waals surface area contributed by atoms with Crippen molar-refractivity contribution in [1.82, 2.24) is 4.90 Å². The van der Waals surface area contributed by atoms with E-state index >= 15 is 0 Å². The quantitative estimate of drug-likeness (QED) is 0.269. The Morgan fingerprint density at radius 2 is 1.62 bits per heavy atom. The number of nitriles is 1. The first-order valence-corrected chi connectivity index (χ1v) is 14.0. The zero-order valence-corrected chi connectivity index (χ0v) is 23.3. The summed E-state index contributed by atoms with van der Waals surface area (Å²) in [5.41, 5.74) is 9.31. The Bertz CT molecular complexity index is 1600. The third kappa shape index (κ3) is 6.41. The van der Waals surface area contributed by atoms with Crippen molar-refractivity contribution in [1.29, 1.82) is 5.26 Å². The van der Waals surface area contributed by atoms with Crippen LogP contribution in [0.4, 0.5) is 0 Å². The summed E-state index contributed by atoms with van der Waals surface area (Å²) >= 11 is 0. The van der Waals surface area contributed by atoms with Crippen LogP contribution in [0.3, 0.4) is 0 Å². The fourth-order valence-corrected chi connectivity index (χ4v) is 5.50. The minimum atomic E-state index is -1.18. The summed E-state index contributed by atoms with van der Waals surface area (Å²) in [7, 11) is 0. The Morgan fingerprint density at radius 3 is 2.33 bits per heavy atom. The first-order valence-electron chi connectivity index (χ1n) is 14.0. The number of aliphatic hydroxyl groups is 1. The van der Waals surface area contributed by atoms with Gasteiger partial charge in [-0.1, -0.05) is 78.9 Å². The minimum absolute atomic E-state index is 0.0652. The third-order valence-electron chi connectivity index (χ3n) is 7.68. The number of amides is 1. The van der Waals surface area contributed by atoms with Gasteiger partial charge in [0.05, 0.1) is 35.4 Å². The van der Waals surface area contributed by atoms with Gasteiger partial charge in [0, 0.05) is 12.1 Å². The SMILES string of the molecule is N#Cc1ccccc1-c1cc(C(=O)OCC(N)(CO)Cc2ccccc2)cc(C(=O)N2CCCC2c2ccccc2)c1. The van der Waals surface area contributed by atoms with Crippen LogP contribution in [0, 0.1) is 11.3 Å². The highest BCUT2D eigenvalue weighted by molar-refractivity contribution is 6.00. The van der Waals surface area contributed by atoms with Gasteiger partial charge < -0.3 is 20.5 Å². The Hall–Kier alpha value is -4.77. The molecule has 212 valence electrons. The maximum Gasteiger partial charge on any atom is 0.338 e. The number of aliphatic hydroxyl groups excluding tert-OH is 1. The molecule has 1 amide bonds. The van der Waals surface area contributed by atoms with Crippen LogP contribution < -0.4 is 5.73 Å². The monoisotopic (exact) mass is 559 g/mol. The van der Waals surface area contributed by atoms with Gasteiger partial charge in [0.1, 0.15) is 6.61 Å². The summed E-state index contributed by atoms with van der Waals surface area (Å²) in [5.74, 6) is -0.864. The van der Waals surface area contributed by atoms with Crippen LogP contribution in [0.1, 0.15) is 56.3 Å². The highest BCUT2D eigenvalue weighted by Gasteiger charge is 2.32. The van der Waals surface area contributed by atoms with Crippen molar-refractivity contribution in [3.8, 4) is 17.2 Å². The van der Waals surface area contributed by atoms with Gasteiger partial charge in [-0.15, -0.1) is 0 Å². The van der Waals surface area contributed by atoms with Crippen LogP contribution in [0.5, 0.6) is 0 Å². The van der Waals surface area contributed by atoms with Gasteiger partial charge in [0.15, 0.2) is 0 Å². The van der Waals surface area contributed by atoms with E-state index in [4.69, 9.17) is 10.5 Å². The molecule has 0 spiro atoms. The van der Waals surface area contributed by atoms with Gasteiger partial charge >= 0.3 is 5.97 Å². The molecule has 42 heavy (non-hydrogen) atoms. The molecule has 0 aromatic heterocycles. The summed E-state index contributed by atoms with van der Waals surface area (Å²) in [4.78, 5) is 29.2. The van der Waals surface area contributed by atoms with Gasteiger partial charge in [-0.25, -0.2) is 4.79 Å². The van der Waals surface area contributed by atoms with Crippen LogP contribution >= 0.6 is 0 Å². The van der Waals surface area contributed by atoms with Crippen molar-refractivity contribution in [3.63, 3.8) is 0 Å². The molecule has 4 aromatic rings. The molecule has 1 saturated heterocycles. The maximum atomic E-state index is 14.0. The van der Waals surface area contributed by atoms with Crippen molar-refractivity contribution in [3.05, 3.63) is 131 Å². The molecule has 1 fully saturated rings. The average Bonchev–Trinajstić information content (AvgIpc) is 3.54. The molecule has 2 atom stereocenters. The number of hydrogen-bond donors (Lipinski definition) is 2. The highest BCUT2D eigenvalue weighted by atomic mass is 16.5. The molecular formula is C35H33N3O4. The van der Waals surface area contributed by atoms with E-state index in [2.05, 4.69) is 6.07 Å². The molecule has 1 aliphatic heterocycles. The van der Waals surface area contributed by atoms with Gasteiger partial charge in [-0.3, -0.25) is 4.79 Å². The molecule has 5 rings (SSSR count). The molecule has 7 heteroatoms. The molecule has 0 radical (unpaired) electrons. The number of likely N-dealkylation sites (tertiary alicyclic amines) is 1. The lowest BCUT2D eigenvalue weighted by Gasteiger charge is -2.27. The fraction of sp³-hybridized carbons (Fsp3) is 0.229. The Kier molecular flexibility index (Phi) is 8.77. The lowest BCUT2D eigenvalue weighted by Crippen LogP contribution is -2.50. The van der Waals surface area contributed by atoms with Crippen LogP contribution in [0.25, 0.3) is 11.1 Å². The summed E-state index contributed by atoms with van der Waals surface area (Å²) in [6.45, 7) is -0.00504. The Morgan fingerprint density at radius 1 is 0.952 bits per heavy atom. The second-order valence-electron chi connectivity index (χ2n) is 10.8. The molecule has 0 aliphatic carbocycles. The number of hydrogen-bond acceptors (Lipinski definition) is 6. The first kappa shape index (κ1) is 28.7. The van der Waals surface area contributed by atoms with Crippen molar-refractivity contribution in [2.24, 2.45) is 5.73 Å². The van der Waals surface area contributed by atoms with Crippen LogP contribution in [-0.4, -0.2) is 47.2 Å². The van der Waals surface area contributed by atoms with E-state index in [1.54, 1.807) is 30.3 Å². The Balaban J connectivity index is 1.46. The number of rotatable bonds is 9. The van der Waals surface area contributed by atoms with E-state index in [0.717, 1.165) is 24.0 Å². The maximum absolute atomic E-state index is 14.0. The molecule has 4 aromatic carbocycles. The van der Waals surface area contributed by atoms with Crippen molar-refractivity contribution < 1.29 is 19.4 Å². The van der Waals surface area contributed by atoms with Gasteiger partial charge in [-0.2, -0.15) is 5.26 Å². The van der Waals surface area contributed by atoms with Gasteiger partial charge in [-0.05, 0) is 65.8 Å². The number of esters is 1. The predicted octanol–water partition coefficient (Wildman–Crippen LogP) is 5.29. The molecular weight excluding hydrogens is 526 g/mol. The number of carbonyl (C=O) groups excluding carboxylic acids is 2. The van der Waals surface area contributed by atoms with E-state index in [0.29, 0.717) is 35.2 Å². The Labute approximate surface area is 245 Å². The minimum Gasteiger partial charge on any atom is -0.460 e. The van der Waals surface area contributed by atoms with Gasteiger partial charge in [0.25, 0.3) is 5.91 Å². The number of nitrogens with two attached hydrogens (primary N) is 1. The first-order chi connectivity index (χ1) is 20.4. The van der Waals surface area contributed by atoms with Crippen molar-refractivity contribution in [2.75, 3.05) is 19.8 Å². The summed E-state index contributed by atoms with van der Waals surface area (Å²) < 4.78 is 5.64. The van der Waals surface area contributed by atoms with Crippen LogP contribution in [0.15, 0.2) is 103 Å². The molecule has 0 saturated carbocycles. The number of benzene rings is 4. The average molecular weight is 560 g/mol. The zero-order valence-electron chi connectivity index (χ0n) is 23.3. The third-order valence-corrected chi connectivity index (χ3v) is 7.68. The van der Waals surface area contributed by atoms with E-state index < -0.39 is 11.5 Å². The predicted molar refractivity (Wildman–Crippen MR) is 160 cm³/mol. The smallest absolute Gasteiger partial charge is 0.338 e. The number of carbonyl (C=O) groups is 2. The van der Waals surface area contributed by atoms with Crippen molar-refractivity contribution >= 4 is 11.9 Å². The molecule has 7 nitrogen and oxygen atoms in total. The molecule has 2 unspecified atom stereocenters. The van der Waals surface area contributed by atoms with E-state index in [9.17, 15) is 20.0 Å². The summed E-state index contributed by atoms with van der Waals surface area (Å²) in [5, 5.41) is 19.8. The molecule has 1 heterocycles. The lowest BCUT2D eigenvalue weighted by atomic mass is 9.93. The number of ether oxygens (including phenoxy) is 1. The van der Waals surface area contributed by atoms with Gasteiger partial charge in [0.2, 0.25) is 0 Å². The number of nitrogens with zero attached hydrogens (tertiary/aromatic N) is 2. The van der Waals surface area contributed by atoms with E-state index in [1.165, 1.54) is 6.07 Å². The van der Waals surface area contributed by atoms with E-state index in [1.807, 2.05) is 71.6 Å². The second-order valence-corrected chi connectivity index (χ2v) is 10.8. The fourth-order valence-electron chi connectivity index (χ4n) is 5.50. The van der Waals surface area contributed by atoms with Crippen LogP contribution in [-0.2, 0) is 11.2 Å². The lowest BCUT2D eigenvalue weighted by molar-refractivity contribution is 0.0331. The molecule has 3 N–H and O–H groups in total. The normalized spacial score (nSPS) is 15.9. The summed E-state index contributed by atoms with van der Waals surface area (Å²) in [6, 6.07) is 33.4. The van der Waals surface area contributed by atoms with E-state index in [-0.39, 0.29) is 30.7 Å². The zero-order chi connectivity index (χ0) is 29.5. The van der Waals surface area contributed by atoms with Crippen LogP contribution in [0.2, 0.25) is 0 Å². The van der Waals surface area contributed by atoms with Crippen molar-refractivity contribution in [2.45, 2.75) is 30.8 Å². The summed E-state index contributed by atoms with van der Waals surface area (Å²) in [6.07, 6.45) is 2.04. The standard InChI is InChI=1S/C35H33N3O4/c36-22-27-14-7-8-15-31(27)28-18-29(33(40)38-17-9-16-32(38)26-12-5-2-6-13-26)20-30(19-28)34(41)42-24-35(37,23-39)21-25-10-3-1-4-11-25/h1-8,10-15,18-20,32,39H,9,16-17,21,23-24,37H2. The second kappa shape index (κ2) is 12.8. The molecule has 1 aliphatic rings. The topological polar surface area (TPSA) is 117 Å².